The molecule has 0 saturated carbocycles. The van der Waals surface area contributed by atoms with E-state index in [1.54, 1.807) is 0 Å². The molecule has 0 saturated heterocycles. The number of nitrogens with zero attached hydrogens (tertiary/aromatic N) is 1. The first-order valence-corrected chi connectivity index (χ1v) is 9.23. The Bertz CT molecular complexity index is 271. The van der Waals surface area contributed by atoms with E-state index in [2.05, 4.69) is 3.79 Å². The molecule has 0 N–H and O–H groups in total. The molecule has 1 nitrogen and oxygen atoms in total. The molecule has 0 amide bonds. The molecule has 0 radical (unpaired) electrons. The third-order valence-electron chi connectivity index (χ3n) is 0.985. The van der Waals surface area contributed by atoms with Gasteiger partial charge in [0.05, 0.1) is 0 Å². The zero-order valence-corrected chi connectivity index (χ0v) is 9.08. The molecular weight excluding hydrogens is 243 g/mol. The zero-order valence-electron chi connectivity index (χ0n) is 5.42. The van der Waals surface area contributed by atoms with Crippen LogP contribution in [0.3, 0.4) is 0 Å². The van der Waals surface area contributed by atoms with Gasteiger partial charge in [-0.25, -0.2) is 0 Å². The first kappa shape index (κ1) is 9.56. The summed E-state index contributed by atoms with van der Waals surface area (Å²) < 4.78 is 3.96. The van der Waals surface area contributed by atoms with Gasteiger partial charge in [-0.3, -0.25) is 0 Å². The molecule has 0 fully saturated rings. The average molecular weight is 248 g/mol. The molecule has 0 atom stereocenters. The van der Waals surface area contributed by atoms with E-state index in [1.165, 1.54) is 0 Å². The van der Waals surface area contributed by atoms with Crippen molar-refractivity contribution in [1.29, 1.82) is 0 Å². The minimum atomic E-state index is -3.17. The van der Waals surface area contributed by atoms with Crippen molar-refractivity contribution >= 4 is 35.2 Å². The van der Waals surface area contributed by atoms with Gasteiger partial charge in [-0.15, -0.1) is 0 Å². The van der Waals surface area contributed by atoms with Crippen molar-refractivity contribution in [3.8, 4) is 0 Å². The van der Waals surface area contributed by atoms with Crippen molar-refractivity contribution in [1.82, 2.24) is 0 Å². The van der Waals surface area contributed by atoms with E-state index in [0.717, 1.165) is 5.69 Å². The molecule has 0 bridgehead atoms. The van der Waals surface area contributed by atoms with Crippen molar-refractivity contribution in [2.24, 2.45) is 3.79 Å². The van der Waals surface area contributed by atoms with E-state index < -0.39 is 11.0 Å². The molecule has 1 aromatic rings. The van der Waals surface area contributed by atoms with E-state index in [4.69, 9.17) is 29.5 Å². The van der Waals surface area contributed by atoms with Crippen LogP contribution < -0.4 is 0 Å². The molecule has 0 aliphatic carbocycles. The Kier molecular flexibility index (Phi) is 3.41. The third kappa shape index (κ3) is 4.14. The number of rotatable bonds is 1. The molecule has 11 heavy (non-hydrogen) atoms. The second-order valence-electron chi connectivity index (χ2n) is 1.85. The van der Waals surface area contributed by atoms with Crippen molar-refractivity contribution in [3.63, 3.8) is 0 Å². The topological polar surface area (TPSA) is 12.4 Å². The maximum atomic E-state index is 5.60. The Balaban J connectivity index is 2.98. The number of hydrogen-bond donors (Lipinski definition) is 0. The predicted molar refractivity (Wildman–Crippen MR) is 46.1 cm³/mol. The fraction of sp³-hybridized carbons (Fsp3) is 0. The van der Waals surface area contributed by atoms with Crippen LogP contribution >= 0.6 is 29.5 Å². The van der Waals surface area contributed by atoms with Crippen LogP contribution in [-0.4, -0.2) is 0 Å². The van der Waals surface area contributed by atoms with Gasteiger partial charge in [-0.05, 0) is 0 Å². The van der Waals surface area contributed by atoms with Crippen molar-refractivity contribution < 1.29 is 11.0 Å². The Morgan fingerprint density at radius 3 is 2.00 bits per heavy atom. The molecule has 60 valence electrons. The summed E-state index contributed by atoms with van der Waals surface area (Å²) in [6, 6.07) is 9.22. The van der Waals surface area contributed by atoms with Gasteiger partial charge in [-0.2, -0.15) is 0 Å². The zero-order chi connectivity index (χ0) is 8.32. The molecular formula is C6H5Cl3NV. The molecule has 1 aromatic carbocycles. The fourth-order valence-corrected chi connectivity index (χ4v) is 2.32. The van der Waals surface area contributed by atoms with Gasteiger partial charge in [0.1, 0.15) is 0 Å². The number of hydrogen-bond acceptors (Lipinski definition) is 1. The molecule has 0 spiro atoms. The predicted octanol–water partition coefficient (Wildman–Crippen LogP) is 4.12. The minimum absolute atomic E-state index is 0.736. The van der Waals surface area contributed by atoms with Crippen LogP contribution in [0, 0.1) is 0 Å². The van der Waals surface area contributed by atoms with Crippen LogP contribution in [-0.2, 0) is 11.0 Å². The van der Waals surface area contributed by atoms with Crippen LogP contribution in [0.1, 0.15) is 0 Å². The van der Waals surface area contributed by atoms with Crippen molar-refractivity contribution in [2.45, 2.75) is 0 Å². The normalized spacial score (nSPS) is 11.2. The van der Waals surface area contributed by atoms with Crippen LogP contribution in [0.4, 0.5) is 5.69 Å². The molecule has 0 unspecified atom stereocenters. The van der Waals surface area contributed by atoms with Crippen LogP contribution in [0.2, 0.25) is 0 Å². The summed E-state index contributed by atoms with van der Waals surface area (Å²) in [6.45, 7) is 0. The van der Waals surface area contributed by atoms with Gasteiger partial charge < -0.3 is 0 Å². The summed E-state index contributed by atoms with van der Waals surface area (Å²) in [5.74, 6) is 0. The molecule has 0 aliphatic heterocycles. The van der Waals surface area contributed by atoms with Crippen LogP contribution in [0.5, 0.6) is 0 Å². The summed E-state index contributed by atoms with van der Waals surface area (Å²) in [4.78, 5) is 0. The summed E-state index contributed by atoms with van der Waals surface area (Å²) in [6.07, 6.45) is 0. The van der Waals surface area contributed by atoms with Crippen LogP contribution in [0.25, 0.3) is 0 Å². The number of benzene rings is 1. The van der Waals surface area contributed by atoms with E-state index in [0.29, 0.717) is 0 Å². The second kappa shape index (κ2) is 3.93. The second-order valence-corrected chi connectivity index (χ2v) is 11.7. The van der Waals surface area contributed by atoms with E-state index in [9.17, 15) is 0 Å². The van der Waals surface area contributed by atoms with Gasteiger partial charge in [0.2, 0.25) is 0 Å². The molecule has 0 heterocycles. The van der Waals surface area contributed by atoms with Gasteiger partial charge in [0.25, 0.3) is 0 Å². The first-order chi connectivity index (χ1) is 5.08. The fourth-order valence-electron chi connectivity index (χ4n) is 0.626. The monoisotopic (exact) mass is 247 g/mol. The van der Waals surface area contributed by atoms with Crippen molar-refractivity contribution in [2.75, 3.05) is 0 Å². The van der Waals surface area contributed by atoms with Crippen molar-refractivity contribution in [3.05, 3.63) is 30.3 Å². The molecule has 0 aliphatic rings. The third-order valence-corrected chi connectivity index (χ3v) is 2.63. The first-order valence-electron chi connectivity index (χ1n) is 2.84. The average Bonchev–Trinajstić information content (AvgIpc) is 1.85. The van der Waals surface area contributed by atoms with Gasteiger partial charge >= 0.3 is 80.3 Å². The van der Waals surface area contributed by atoms with Gasteiger partial charge in [0, 0.05) is 0 Å². The quantitative estimate of drug-likeness (QED) is 0.709. The molecule has 0 aromatic heterocycles. The molecule has 5 heteroatoms. The van der Waals surface area contributed by atoms with Gasteiger partial charge in [0.15, 0.2) is 0 Å². The standard InChI is InChI=1S/C6H5N.3ClH.V/c7-6-4-2-1-3-5-6;;;;/h1-5H;3*1H;/q;;;;+3/p-3. The molecule has 1 rings (SSSR count). The Morgan fingerprint density at radius 1 is 1.00 bits per heavy atom. The Hall–Kier alpha value is 0.474. The Labute approximate surface area is 80.0 Å². The summed E-state index contributed by atoms with van der Waals surface area (Å²) >= 11 is 0. The number of halogens is 3. The summed E-state index contributed by atoms with van der Waals surface area (Å²) in [5, 5.41) is 0. The van der Waals surface area contributed by atoms with Crippen LogP contribution in [0.15, 0.2) is 34.1 Å². The van der Waals surface area contributed by atoms with Gasteiger partial charge in [-0.1, -0.05) is 0 Å². The summed E-state index contributed by atoms with van der Waals surface area (Å²) in [7, 11) is 13.6. The maximum absolute atomic E-state index is 5.60. The van der Waals surface area contributed by atoms with E-state index >= 15 is 0 Å². The Morgan fingerprint density at radius 2 is 1.55 bits per heavy atom. The SMILES string of the molecule is [Cl][V]([Cl])([Cl])=[N]c1ccccc1. The summed E-state index contributed by atoms with van der Waals surface area (Å²) in [5.41, 5.74) is 0.736. The van der Waals surface area contributed by atoms with E-state index in [-0.39, 0.29) is 0 Å². The van der Waals surface area contributed by atoms with E-state index in [1.807, 2.05) is 30.3 Å².